The summed E-state index contributed by atoms with van der Waals surface area (Å²) in [4.78, 5) is 16.0. The number of hydrogen-bond donors (Lipinski definition) is 0. The standard InChI is InChI=1S/C12H20N2O/c1-4-11(15)13-7-8-14(10(2)3)12(9-13)5-6-12/h4,10H,1,5-9H2,2-3H3. The van der Waals surface area contributed by atoms with E-state index < -0.39 is 0 Å². The first-order valence-corrected chi connectivity index (χ1v) is 5.77. The van der Waals surface area contributed by atoms with Crippen molar-refractivity contribution in [1.82, 2.24) is 9.80 Å². The molecule has 0 aromatic carbocycles. The zero-order chi connectivity index (χ0) is 11.1. The Bertz CT molecular complexity index is 281. The molecule has 2 aliphatic rings. The van der Waals surface area contributed by atoms with Gasteiger partial charge in [-0.1, -0.05) is 6.58 Å². The molecule has 15 heavy (non-hydrogen) atoms. The van der Waals surface area contributed by atoms with Crippen LogP contribution in [0.5, 0.6) is 0 Å². The monoisotopic (exact) mass is 208 g/mol. The van der Waals surface area contributed by atoms with Gasteiger partial charge in [-0.3, -0.25) is 9.69 Å². The fourth-order valence-corrected chi connectivity index (χ4v) is 2.70. The third-order valence-electron chi connectivity index (χ3n) is 3.64. The van der Waals surface area contributed by atoms with Gasteiger partial charge >= 0.3 is 0 Å². The van der Waals surface area contributed by atoms with Gasteiger partial charge in [0.05, 0.1) is 0 Å². The Kier molecular flexibility index (Phi) is 2.59. The molecule has 1 amide bonds. The van der Waals surface area contributed by atoms with Crippen molar-refractivity contribution < 1.29 is 4.79 Å². The first-order chi connectivity index (χ1) is 7.09. The Morgan fingerprint density at radius 3 is 2.53 bits per heavy atom. The maximum Gasteiger partial charge on any atom is 0.246 e. The molecular weight excluding hydrogens is 188 g/mol. The van der Waals surface area contributed by atoms with Crippen molar-refractivity contribution in [2.24, 2.45) is 0 Å². The molecule has 1 aliphatic heterocycles. The van der Waals surface area contributed by atoms with E-state index in [0.717, 1.165) is 19.6 Å². The molecular formula is C12H20N2O. The lowest BCUT2D eigenvalue weighted by atomic mass is 10.1. The Morgan fingerprint density at radius 1 is 1.40 bits per heavy atom. The largest absolute Gasteiger partial charge is 0.336 e. The summed E-state index contributed by atoms with van der Waals surface area (Å²) in [5, 5.41) is 0. The average Bonchev–Trinajstić information content (AvgIpc) is 2.96. The summed E-state index contributed by atoms with van der Waals surface area (Å²) < 4.78 is 0. The van der Waals surface area contributed by atoms with Crippen molar-refractivity contribution in [3.63, 3.8) is 0 Å². The summed E-state index contributed by atoms with van der Waals surface area (Å²) in [6, 6.07) is 0.591. The van der Waals surface area contributed by atoms with Gasteiger partial charge in [-0.15, -0.1) is 0 Å². The minimum absolute atomic E-state index is 0.0877. The van der Waals surface area contributed by atoms with E-state index in [0.29, 0.717) is 11.6 Å². The van der Waals surface area contributed by atoms with Crippen LogP contribution in [0.2, 0.25) is 0 Å². The number of piperazine rings is 1. The van der Waals surface area contributed by atoms with Crippen LogP contribution in [-0.2, 0) is 4.79 Å². The number of carbonyl (C=O) groups is 1. The smallest absolute Gasteiger partial charge is 0.246 e. The van der Waals surface area contributed by atoms with Crippen LogP contribution in [0.25, 0.3) is 0 Å². The predicted octanol–water partition coefficient (Wildman–Crippen LogP) is 1.26. The van der Waals surface area contributed by atoms with Gasteiger partial charge in [0, 0.05) is 31.2 Å². The zero-order valence-electron chi connectivity index (χ0n) is 9.70. The minimum Gasteiger partial charge on any atom is -0.336 e. The average molecular weight is 208 g/mol. The Morgan fingerprint density at radius 2 is 2.07 bits per heavy atom. The predicted molar refractivity (Wildman–Crippen MR) is 60.6 cm³/mol. The maximum atomic E-state index is 11.5. The van der Waals surface area contributed by atoms with Crippen LogP contribution in [0.3, 0.4) is 0 Å². The normalized spacial score (nSPS) is 24.6. The van der Waals surface area contributed by atoms with Gasteiger partial charge in [0.15, 0.2) is 0 Å². The first kappa shape index (κ1) is 10.7. The fourth-order valence-electron chi connectivity index (χ4n) is 2.70. The summed E-state index contributed by atoms with van der Waals surface area (Å²) in [6.45, 7) is 10.8. The van der Waals surface area contributed by atoms with Crippen LogP contribution >= 0.6 is 0 Å². The van der Waals surface area contributed by atoms with Crippen LogP contribution in [0.1, 0.15) is 26.7 Å². The lowest BCUT2D eigenvalue weighted by Crippen LogP contribution is -2.58. The topological polar surface area (TPSA) is 23.6 Å². The second-order valence-electron chi connectivity index (χ2n) is 4.98. The Hall–Kier alpha value is -0.830. The van der Waals surface area contributed by atoms with Crippen molar-refractivity contribution in [3.8, 4) is 0 Å². The van der Waals surface area contributed by atoms with Crippen molar-refractivity contribution in [3.05, 3.63) is 12.7 Å². The van der Waals surface area contributed by atoms with Gasteiger partial charge < -0.3 is 4.90 Å². The summed E-state index contributed by atoms with van der Waals surface area (Å²) in [7, 11) is 0. The summed E-state index contributed by atoms with van der Waals surface area (Å²) in [5.74, 6) is 0.0877. The van der Waals surface area contributed by atoms with Gasteiger partial charge in [-0.05, 0) is 32.8 Å². The van der Waals surface area contributed by atoms with Crippen LogP contribution in [0.4, 0.5) is 0 Å². The van der Waals surface area contributed by atoms with Gasteiger partial charge in [-0.25, -0.2) is 0 Å². The minimum atomic E-state index is 0.0877. The van der Waals surface area contributed by atoms with Gasteiger partial charge in [0.25, 0.3) is 0 Å². The molecule has 0 N–H and O–H groups in total. The molecule has 0 atom stereocenters. The molecule has 84 valence electrons. The molecule has 0 unspecified atom stereocenters. The Labute approximate surface area is 91.7 Å². The quantitative estimate of drug-likeness (QED) is 0.638. The molecule has 2 rings (SSSR count). The third kappa shape index (κ3) is 1.81. The van der Waals surface area contributed by atoms with E-state index in [2.05, 4.69) is 25.3 Å². The molecule has 1 heterocycles. The molecule has 3 heteroatoms. The van der Waals surface area contributed by atoms with E-state index in [9.17, 15) is 4.79 Å². The summed E-state index contributed by atoms with van der Waals surface area (Å²) >= 11 is 0. The van der Waals surface area contributed by atoms with E-state index in [1.165, 1.54) is 18.9 Å². The first-order valence-electron chi connectivity index (χ1n) is 5.77. The number of hydrogen-bond acceptors (Lipinski definition) is 2. The lowest BCUT2D eigenvalue weighted by molar-refractivity contribution is -0.130. The number of carbonyl (C=O) groups excluding carboxylic acids is 1. The molecule has 2 fully saturated rings. The fraction of sp³-hybridized carbons (Fsp3) is 0.750. The van der Waals surface area contributed by atoms with Crippen LogP contribution < -0.4 is 0 Å². The van der Waals surface area contributed by atoms with E-state index in [-0.39, 0.29) is 5.91 Å². The van der Waals surface area contributed by atoms with Gasteiger partial charge in [0.1, 0.15) is 0 Å². The molecule has 1 aliphatic carbocycles. The van der Waals surface area contributed by atoms with Crippen molar-refractivity contribution in [1.29, 1.82) is 0 Å². The van der Waals surface area contributed by atoms with E-state index >= 15 is 0 Å². The second-order valence-corrected chi connectivity index (χ2v) is 4.98. The molecule has 0 aromatic heterocycles. The molecule has 0 radical (unpaired) electrons. The van der Waals surface area contributed by atoms with Crippen LogP contribution in [0, 0.1) is 0 Å². The highest BCUT2D eigenvalue weighted by Gasteiger charge is 2.52. The molecule has 1 spiro atoms. The molecule has 1 saturated carbocycles. The van der Waals surface area contributed by atoms with Crippen molar-refractivity contribution in [2.45, 2.75) is 38.3 Å². The number of amides is 1. The maximum absolute atomic E-state index is 11.5. The second kappa shape index (κ2) is 3.63. The highest BCUT2D eigenvalue weighted by atomic mass is 16.2. The molecule has 1 saturated heterocycles. The lowest BCUT2D eigenvalue weighted by Gasteiger charge is -2.44. The van der Waals surface area contributed by atoms with E-state index in [4.69, 9.17) is 0 Å². The molecule has 0 aromatic rings. The van der Waals surface area contributed by atoms with Gasteiger partial charge in [-0.2, -0.15) is 0 Å². The van der Waals surface area contributed by atoms with Crippen molar-refractivity contribution in [2.75, 3.05) is 19.6 Å². The van der Waals surface area contributed by atoms with Crippen molar-refractivity contribution >= 4 is 5.91 Å². The van der Waals surface area contributed by atoms with Gasteiger partial charge in [0.2, 0.25) is 5.91 Å². The third-order valence-corrected chi connectivity index (χ3v) is 3.64. The number of nitrogens with zero attached hydrogens (tertiary/aromatic N) is 2. The number of rotatable bonds is 2. The molecule has 0 bridgehead atoms. The Balaban J connectivity index is 2.05. The zero-order valence-corrected chi connectivity index (χ0v) is 9.70. The summed E-state index contributed by atoms with van der Waals surface area (Å²) in [6.07, 6.45) is 3.92. The summed E-state index contributed by atoms with van der Waals surface area (Å²) in [5.41, 5.74) is 0.311. The van der Waals surface area contributed by atoms with Crippen LogP contribution in [0.15, 0.2) is 12.7 Å². The van der Waals surface area contributed by atoms with Crippen LogP contribution in [-0.4, -0.2) is 46.9 Å². The SMILES string of the molecule is C=CC(=O)N1CCN(C(C)C)C2(CC2)C1. The molecule has 3 nitrogen and oxygen atoms in total. The van der Waals surface area contributed by atoms with E-state index in [1.54, 1.807) is 0 Å². The van der Waals surface area contributed by atoms with E-state index in [1.807, 2.05) is 4.90 Å². The highest BCUT2D eigenvalue weighted by molar-refractivity contribution is 5.87. The highest BCUT2D eigenvalue weighted by Crippen LogP contribution is 2.45.